The van der Waals surface area contributed by atoms with Gasteiger partial charge in [-0.25, -0.2) is 0 Å². The number of phenols is 1. The van der Waals surface area contributed by atoms with Gasteiger partial charge in [0.05, 0.1) is 0 Å². The van der Waals surface area contributed by atoms with Crippen molar-refractivity contribution in [2.45, 2.75) is 58.3 Å². The van der Waals surface area contributed by atoms with Crippen molar-refractivity contribution in [3.8, 4) is 5.75 Å². The van der Waals surface area contributed by atoms with Crippen LogP contribution in [0.3, 0.4) is 0 Å². The molecule has 0 unspecified atom stereocenters. The van der Waals surface area contributed by atoms with E-state index in [0.717, 1.165) is 30.7 Å². The van der Waals surface area contributed by atoms with Gasteiger partial charge in [0.15, 0.2) is 0 Å². The summed E-state index contributed by atoms with van der Waals surface area (Å²) in [6.45, 7) is 2.92. The first-order valence-electron chi connectivity index (χ1n) is 8.74. The highest BCUT2D eigenvalue weighted by atomic mass is 16.3. The number of unbranched alkanes of at least 4 members (excludes halogenated alkanes) is 1. The van der Waals surface area contributed by atoms with E-state index in [1.54, 1.807) is 12.1 Å². The van der Waals surface area contributed by atoms with Gasteiger partial charge < -0.3 is 10.4 Å². The number of rotatable bonds is 7. The van der Waals surface area contributed by atoms with Crippen LogP contribution in [0.1, 0.15) is 57.4 Å². The number of nitrogens with one attached hydrogen (secondary N) is 1. The van der Waals surface area contributed by atoms with E-state index in [2.05, 4.69) is 12.2 Å². The minimum Gasteiger partial charge on any atom is -0.508 e. The van der Waals surface area contributed by atoms with Gasteiger partial charge >= 0.3 is 0 Å². The number of aromatic hydroxyl groups is 1. The van der Waals surface area contributed by atoms with E-state index in [-0.39, 0.29) is 17.6 Å². The average Bonchev–Trinajstić information content (AvgIpc) is 2.55. The maximum Gasteiger partial charge on any atom is 0.223 e. The minimum absolute atomic E-state index is 0.220. The zero-order valence-corrected chi connectivity index (χ0v) is 13.7. The van der Waals surface area contributed by atoms with Gasteiger partial charge in [-0.3, -0.25) is 4.79 Å². The molecule has 2 N–H and O–H groups in total. The molecule has 0 atom stereocenters. The Kier molecular flexibility index (Phi) is 6.75. The second kappa shape index (κ2) is 8.82. The zero-order chi connectivity index (χ0) is 15.8. The van der Waals surface area contributed by atoms with E-state index >= 15 is 0 Å². The molecule has 1 amide bonds. The van der Waals surface area contributed by atoms with Crippen LogP contribution in [-0.2, 0) is 11.2 Å². The smallest absolute Gasteiger partial charge is 0.223 e. The summed E-state index contributed by atoms with van der Waals surface area (Å²) in [5, 5.41) is 12.3. The third-order valence-electron chi connectivity index (χ3n) is 4.83. The minimum atomic E-state index is 0.220. The molecule has 0 aliphatic heterocycles. The first-order valence-corrected chi connectivity index (χ1v) is 8.74. The Bertz CT molecular complexity index is 447. The van der Waals surface area contributed by atoms with Crippen LogP contribution in [0.15, 0.2) is 24.3 Å². The summed E-state index contributed by atoms with van der Waals surface area (Å²) in [6.07, 6.45) is 9.31. The standard InChI is InChI=1S/C19H29NO2/c1-2-3-4-15-5-9-17(10-6-15)19(22)20-14-13-16-7-11-18(21)12-8-16/h7-8,11-12,15,17,21H,2-6,9-10,13-14H2,1H3,(H,20,22). The van der Waals surface area contributed by atoms with Gasteiger partial charge in [-0.2, -0.15) is 0 Å². The van der Waals surface area contributed by atoms with E-state index in [1.807, 2.05) is 12.1 Å². The van der Waals surface area contributed by atoms with Crippen molar-refractivity contribution in [2.24, 2.45) is 11.8 Å². The molecule has 3 nitrogen and oxygen atoms in total. The lowest BCUT2D eigenvalue weighted by molar-refractivity contribution is -0.126. The lowest BCUT2D eigenvalue weighted by atomic mass is 9.79. The third kappa shape index (κ3) is 5.36. The lowest BCUT2D eigenvalue weighted by Crippen LogP contribution is -2.34. The summed E-state index contributed by atoms with van der Waals surface area (Å²) < 4.78 is 0. The zero-order valence-electron chi connectivity index (χ0n) is 13.7. The molecule has 22 heavy (non-hydrogen) atoms. The first-order chi connectivity index (χ1) is 10.7. The second-order valence-electron chi connectivity index (χ2n) is 6.57. The number of carbonyl (C=O) groups is 1. The summed E-state index contributed by atoms with van der Waals surface area (Å²) in [5.74, 6) is 1.58. The molecule has 1 aromatic rings. The molecule has 122 valence electrons. The number of hydrogen-bond donors (Lipinski definition) is 2. The Morgan fingerprint density at radius 2 is 1.86 bits per heavy atom. The molecule has 0 radical (unpaired) electrons. The van der Waals surface area contributed by atoms with Gasteiger partial charge in [-0.1, -0.05) is 38.3 Å². The third-order valence-corrected chi connectivity index (χ3v) is 4.83. The van der Waals surface area contributed by atoms with Gasteiger partial charge in [-0.05, 0) is 55.7 Å². The Morgan fingerprint density at radius 1 is 1.18 bits per heavy atom. The van der Waals surface area contributed by atoms with Crippen LogP contribution in [0, 0.1) is 11.8 Å². The van der Waals surface area contributed by atoms with Gasteiger partial charge in [0.1, 0.15) is 5.75 Å². The highest BCUT2D eigenvalue weighted by molar-refractivity contribution is 5.78. The van der Waals surface area contributed by atoms with Crippen molar-refractivity contribution < 1.29 is 9.90 Å². The van der Waals surface area contributed by atoms with Crippen LogP contribution in [0.2, 0.25) is 0 Å². The normalized spacial score (nSPS) is 21.5. The van der Waals surface area contributed by atoms with Crippen LogP contribution >= 0.6 is 0 Å². The molecule has 1 aliphatic rings. The van der Waals surface area contributed by atoms with Crippen molar-refractivity contribution in [1.82, 2.24) is 5.32 Å². The number of phenolic OH excluding ortho intramolecular Hbond substituents is 1. The van der Waals surface area contributed by atoms with E-state index in [1.165, 1.54) is 32.1 Å². The maximum atomic E-state index is 12.2. The number of benzene rings is 1. The first kappa shape index (κ1) is 16.9. The van der Waals surface area contributed by atoms with E-state index in [4.69, 9.17) is 0 Å². The Labute approximate surface area is 134 Å². The molecule has 0 heterocycles. The second-order valence-corrected chi connectivity index (χ2v) is 6.57. The van der Waals surface area contributed by atoms with Crippen LogP contribution in [0.25, 0.3) is 0 Å². The van der Waals surface area contributed by atoms with Crippen molar-refractivity contribution in [1.29, 1.82) is 0 Å². The molecule has 1 aliphatic carbocycles. The topological polar surface area (TPSA) is 49.3 Å². The van der Waals surface area contributed by atoms with Gasteiger partial charge in [0.2, 0.25) is 5.91 Å². The maximum absolute atomic E-state index is 12.2. The van der Waals surface area contributed by atoms with Crippen LogP contribution in [-0.4, -0.2) is 17.6 Å². The SMILES string of the molecule is CCCCC1CCC(C(=O)NCCc2ccc(O)cc2)CC1. The molecule has 0 saturated heterocycles. The molecule has 1 saturated carbocycles. The summed E-state index contributed by atoms with van der Waals surface area (Å²) >= 11 is 0. The number of amides is 1. The van der Waals surface area contributed by atoms with Crippen LogP contribution in [0.5, 0.6) is 5.75 Å². The summed E-state index contributed by atoms with van der Waals surface area (Å²) in [6, 6.07) is 7.18. The molecular formula is C19H29NO2. The lowest BCUT2D eigenvalue weighted by Gasteiger charge is -2.27. The quantitative estimate of drug-likeness (QED) is 0.798. The summed E-state index contributed by atoms with van der Waals surface area (Å²) in [7, 11) is 0. The fourth-order valence-electron chi connectivity index (χ4n) is 3.34. The number of carbonyl (C=O) groups excluding carboxylic acids is 1. The Morgan fingerprint density at radius 3 is 2.50 bits per heavy atom. The fraction of sp³-hybridized carbons (Fsp3) is 0.632. The van der Waals surface area contributed by atoms with Gasteiger partial charge in [-0.15, -0.1) is 0 Å². The van der Waals surface area contributed by atoms with Crippen LogP contribution in [0.4, 0.5) is 0 Å². The molecular weight excluding hydrogens is 274 g/mol. The predicted molar refractivity (Wildman–Crippen MR) is 89.8 cm³/mol. The largest absolute Gasteiger partial charge is 0.508 e. The monoisotopic (exact) mass is 303 g/mol. The van der Waals surface area contributed by atoms with E-state index in [9.17, 15) is 9.90 Å². The molecule has 0 aromatic heterocycles. The number of hydrogen-bond acceptors (Lipinski definition) is 2. The van der Waals surface area contributed by atoms with Crippen molar-refractivity contribution in [2.75, 3.05) is 6.54 Å². The Balaban J connectivity index is 1.64. The van der Waals surface area contributed by atoms with Gasteiger partial charge in [0.25, 0.3) is 0 Å². The average molecular weight is 303 g/mol. The molecule has 1 fully saturated rings. The summed E-state index contributed by atoms with van der Waals surface area (Å²) in [5.41, 5.74) is 1.14. The van der Waals surface area contributed by atoms with Crippen molar-refractivity contribution in [3.05, 3.63) is 29.8 Å². The molecule has 2 rings (SSSR count). The predicted octanol–water partition coefficient (Wildman–Crippen LogP) is 4.05. The summed E-state index contributed by atoms with van der Waals surface area (Å²) in [4.78, 5) is 12.2. The van der Waals surface area contributed by atoms with E-state index in [0.29, 0.717) is 6.54 Å². The molecule has 0 spiro atoms. The molecule has 0 bridgehead atoms. The molecule has 3 heteroatoms. The highest BCUT2D eigenvalue weighted by Gasteiger charge is 2.25. The fourth-order valence-corrected chi connectivity index (χ4v) is 3.34. The van der Waals surface area contributed by atoms with E-state index < -0.39 is 0 Å². The molecule has 1 aromatic carbocycles. The van der Waals surface area contributed by atoms with Crippen LogP contribution < -0.4 is 5.32 Å². The van der Waals surface area contributed by atoms with Crippen molar-refractivity contribution in [3.63, 3.8) is 0 Å². The Hall–Kier alpha value is -1.51. The van der Waals surface area contributed by atoms with Crippen molar-refractivity contribution >= 4 is 5.91 Å². The highest BCUT2D eigenvalue weighted by Crippen LogP contribution is 2.31. The van der Waals surface area contributed by atoms with Gasteiger partial charge in [0, 0.05) is 12.5 Å².